The molecule has 1 atom stereocenters. The minimum atomic E-state index is -0.289. The third kappa shape index (κ3) is 4.67. The molecule has 0 radical (unpaired) electrons. The number of unbranched alkanes of at least 4 members (excludes halogenated alkanes) is 1. The number of likely N-dealkylation sites (tertiary alicyclic amines) is 1. The van der Waals surface area contributed by atoms with Gasteiger partial charge in [-0.3, -0.25) is 4.79 Å². The topological polar surface area (TPSA) is 68.5 Å². The molecule has 1 saturated heterocycles. The second kappa shape index (κ2) is 9.07. The molecular weight excluding hydrogens is 385 g/mol. The van der Waals surface area contributed by atoms with Crippen molar-refractivity contribution in [2.75, 3.05) is 13.2 Å². The summed E-state index contributed by atoms with van der Waals surface area (Å²) in [6.07, 6.45) is 2.44. The van der Waals surface area contributed by atoms with Crippen LogP contribution in [0.4, 0.5) is 4.39 Å². The van der Waals surface area contributed by atoms with E-state index in [0.717, 1.165) is 29.7 Å². The Hall–Kier alpha value is -3.22. The van der Waals surface area contributed by atoms with E-state index in [1.165, 1.54) is 12.1 Å². The van der Waals surface area contributed by atoms with Crippen LogP contribution >= 0.6 is 0 Å². The SMILES string of the molecule is CCCCOc1ccc(-c2noc(C3CC(=O)N(Cc4ccc(F)cc4)C3)n2)cc1. The predicted molar refractivity (Wildman–Crippen MR) is 109 cm³/mol. The van der Waals surface area contributed by atoms with Crippen molar-refractivity contribution >= 4 is 5.91 Å². The third-order valence-electron chi connectivity index (χ3n) is 5.17. The highest BCUT2D eigenvalue weighted by Crippen LogP contribution is 2.30. The molecule has 1 fully saturated rings. The Labute approximate surface area is 174 Å². The lowest BCUT2D eigenvalue weighted by Gasteiger charge is -2.15. The molecule has 0 saturated carbocycles. The number of hydrogen-bond acceptors (Lipinski definition) is 5. The highest BCUT2D eigenvalue weighted by Gasteiger charge is 2.34. The fourth-order valence-corrected chi connectivity index (χ4v) is 3.45. The number of hydrogen-bond donors (Lipinski definition) is 0. The molecule has 7 heteroatoms. The molecule has 2 heterocycles. The van der Waals surface area contributed by atoms with Crippen LogP contribution in [0, 0.1) is 5.82 Å². The molecule has 30 heavy (non-hydrogen) atoms. The molecule has 4 rings (SSSR count). The van der Waals surface area contributed by atoms with Gasteiger partial charge in [0.1, 0.15) is 11.6 Å². The number of aromatic nitrogens is 2. The fourth-order valence-electron chi connectivity index (χ4n) is 3.45. The normalized spacial score (nSPS) is 16.3. The van der Waals surface area contributed by atoms with Gasteiger partial charge in [0.2, 0.25) is 17.6 Å². The molecule has 6 nitrogen and oxygen atoms in total. The van der Waals surface area contributed by atoms with Gasteiger partial charge in [-0.25, -0.2) is 4.39 Å². The van der Waals surface area contributed by atoms with Crippen molar-refractivity contribution in [3.8, 4) is 17.1 Å². The Balaban J connectivity index is 1.39. The number of halogens is 1. The monoisotopic (exact) mass is 409 g/mol. The van der Waals surface area contributed by atoms with Crippen LogP contribution in [0.3, 0.4) is 0 Å². The maximum Gasteiger partial charge on any atom is 0.232 e. The van der Waals surface area contributed by atoms with Gasteiger partial charge in [-0.2, -0.15) is 4.98 Å². The Kier molecular flexibility index (Phi) is 6.07. The molecule has 156 valence electrons. The van der Waals surface area contributed by atoms with E-state index in [1.807, 2.05) is 24.3 Å². The number of carbonyl (C=O) groups excluding carboxylic acids is 1. The Bertz CT molecular complexity index is 986. The number of carbonyl (C=O) groups is 1. The van der Waals surface area contributed by atoms with Crippen LogP contribution in [0.1, 0.15) is 43.6 Å². The third-order valence-corrected chi connectivity index (χ3v) is 5.17. The number of amides is 1. The van der Waals surface area contributed by atoms with Crippen molar-refractivity contribution in [2.24, 2.45) is 0 Å². The summed E-state index contributed by atoms with van der Waals surface area (Å²) in [4.78, 5) is 18.6. The summed E-state index contributed by atoms with van der Waals surface area (Å²) < 4.78 is 24.2. The second-order valence-electron chi connectivity index (χ2n) is 7.48. The summed E-state index contributed by atoms with van der Waals surface area (Å²) in [5, 5.41) is 4.08. The van der Waals surface area contributed by atoms with Crippen LogP contribution in [0.2, 0.25) is 0 Å². The zero-order chi connectivity index (χ0) is 20.9. The minimum Gasteiger partial charge on any atom is -0.494 e. The Morgan fingerprint density at radius 1 is 1.17 bits per heavy atom. The highest BCUT2D eigenvalue weighted by atomic mass is 19.1. The maximum atomic E-state index is 13.1. The van der Waals surface area contributed by atoms with Crippen LogP contribution in [0.25, 0.3) is 11.4 Å². The fraction of sp³-hybridized carbons (Fsp3) is 0.348. The number of nitrogens with zero attached hydrogens (tertiary/aromatic N) is 3. The van der Waals surface area contributed by atoms with Crippen LogP contribution in [-0.4, -0.2) is 34.1 Å². The maximum absolute atomic E-state index is 13.1. The van der Waals surface area contributed by atoms with E-state index in [2.05, 4.69) is 17.1 Å². The van der Waals surface area contributed by atoms with Gasteiger partial charge < -0.3 is 14.2 Å². The van der Waals surface area contributed by atoms with Crippen molar-refractivity contribution in [3.63, 3.8) is 0 Å². The van der Waals surface area contributed by atoms with E-state index in [9.17, 15) is 9.18 Å². The first-order valence-corrected chi connectivity index (χ1v) is 10.2. The summed E-state index contributed by atoms with van der Waals surface area (Å²) >= 11 is 0. The lowest BCUT2D eigenvalue weighted by molar-refractivity contribution is -0.128. The van der Waals surface area contributed by atoms with Crippen LogP contribution in [-0.2, 0) is 11.3 Å². The van der Waals surface area contributed by atoms with Gasteiger partial charge in [0.05, 0.1) is 12.5 Å². The first-order valence-electron chi connectivity index (χ1n) is 10.2. The molecule has 0 N–H and O–H groups in total. The summed E-state index contributed by atoms with van der Waals surface area (Å²) in [5.41, 5.74) is 1.72. The molecule has 1 unspecified atom stereocenters. The summed E-state index contributed by atoms with van der Waals surface area (Å²) in [5.74, 6) is 1.36. The highest BCUT2D eigenvalue weighted by molar-refractivity contribution is 5.79. The molecule has 1 amide bonds. The van der Waals surface area contributed by atoms with Gasteiger partial charge in [0, 0.05) is 25.1 Å². The van der Waals surface area contributed by atoms with Crippen LogP contribution < -0.4 is 4.74 Å². The molecule has 1 aromatic heterocycles. The van der Waals surface area contributed by atoms with E-state index in [1.54, 1.807) is 17.0 Å². The van der Waals surface area contributed by atoms with Gasteiger partial charge in [-0.1, -0.05) is 30.6 Å². The summed E-state index contributed by atoms with van der Waals surface area (Å²) in [6.45, 7) is 3.77. The van der Waals surface area contributed by atoms with E-state index in [0.29, 0.717) is 37.8 Å². The molecule has 3 aromatic rings. The number of benzene rings is 2. The van der Waals surface area contributed by atoms with E-state index in [4.69, 9.17) is 9.26 Å². The quantitative estimate of drug-likeness (QED) is 0.510. The zero-order valence-electron chi connectivity index (χ0n) is 16.9. The number of ether oxygens (including phenoxy) is 1. The van der Waals surface area contributed by atoms with Gasteiger partial charge in [-0.15, -0.1) is 0 Å². The standard InChI is InChI=1S/C23H24FN3O3/c1-2-3-12-29-20-10-6-17(7-11-20)22-25-23(30-26-22)18-13-21(28)27(15-18)14-16-4-8-19(24)9-5-16/h4-11,18H,2-3,12-15H2,1H3. The largest absolute Gasteiger partial charge is 0.494 e. The lowest BCUT2D eigenvalue weighted by atomic mass is 10.1. The van der Waals surface area contributed by atoms with Crippen LogP contribution in [0.5, 0.6) is 5.75 Å². The van der Waals surface area contributed by atoms with E-state index < -0.39 is 0 Å². The zero-order valence-corrected chi connectivity index (χ0v) is 16.9. The first kappa shape index (κ1) is 20.1. The smallest absolute Gasteiger partial charge is 0.232 e. The number of rotatable bonds is 8. The molecule has 2 aromatic carbocycles. The molecule has 1 aliphatic heterocycles. The second-order valence-corrected chi connectivity index (χ2v) is 7.48. The summed E-state index contributed by atoms with van der Waals surface area (Å²) in [7, 11) is 0. The average molecular weight is 409 g/mol. The van der Waals surface area contributed by atoms with Crippen molar-refractivity contribution in [1.82, 2.24) is 15.0 Å². The minimum absolute atomic E-state index is 0.0256. The van der Waals surface area contributed by atoms with Gasteiger partial charge in [0.15, 0.2) is 0 Å². The van der Waals surface area contributed by atoms with Crippen molar-refractivity contribution in [1.29, 1.82) is 0 Å². The van der Waals surface area contributed by atoms with Crippen molar-refractivity contribution in [2.45, 2.75) is 38.6 Å². The molecule has 0 bridgehead atoms. The Morgan fingerprint density at radius 2 is 1.93 bits per heavy atom. The van der Waals surface area contributed by atoms with Gasteiger partial charge in [-0.05, 0) is 48.4 Å². The van der Waals surface area contributed by atoms with E-state index in [-0.39, 0.29) is 17.6 Å². The molecular formula is C23H24FN3O3. The van der Waals surface area contributed by atoms with Gasteiger partial charge in [0.25, 0.3) is 0 Å². The van der Waals surface area contributed by atoms with Crippen molar-refractivity contribution in [3.05, 3.63) is 65.8 Å². The van der Waals surface area contributed by atoms with E-state index >= 15 is 0 Å². The summed E-state index contributed by atoms with van der Waals surface area (Å²) in [6, 6.07) is 13.8. The molecule has 0 aliphatic carbocycles. The van der Waals surface area contributed by atoms with Crippen molar-refractivity contribution < 1.29 is 18.4 Å². The first-order chi connectivity index (χ1) is 14.6. The molecule has 0 spiro atoms. The molecule has 1 aliphatic rings. The predicted octanol–water partition coefficient (Wildman–Crippen LogP) is 4.57. The Morgan fingerprint density at radius 3 is 2.67 bits per heavy atom. The average Bonchev–Trinajstić information content (AvgIpc) is 3.38. The lowest BCUT2D eigenvalue weighted by Crippen LogP contribution is -2.24. The van der Waals surface area contributed by atoms with Gasteiger partial charge >= 0.3 is 0 Å². The van der Waals surface area contributed by atoms with Crippen LogP contribution in [0.15, 0.2) is 53.1 Å².